The van der Waals surface area contributed by atoms with Gasteiger partial charge in [0.25, 0.3) is 0 Å². The molecule has 1 aromatic carbocycles. The van der Waals surface area contributed by atoms with E-state index in [2.05, 4.69) is 17.1 Å². The highest BCUT2D eigenvalue weighted by molar-refractivity contribution is 7.89. The number of sulfonamides is 1. The number of halogens is 1. The second-order valence-corrected chi connectivity index (χ2v) is 8.20. The fraction of sp³-hybridized carbons (Fsp3) is 0.625. The second-order valence-electron chi connectivity index (χ2n) is 6.05. The first-order chi connectivity index (χ1) is 10.4. The first kappa shape index (κ1) is 20.4. The maximum atomic E-state index is 12.1. The van der Waals surface area contributed by atoms with Crippen molar-refractivity contribution >= 4 is 22.4 Å². The van der Waals surface area contributed by atoms with Crippen LogP contribution in [-0.2, 0) is 16.6 Å². The summed E-state index contributed by atoms with van der Waals surface area (Å²) < 4.78 is 25.4. The molecule has 0 aromatic heterocycles. The third kappa shape index (κ3) is 5.16. The first-order valence-electron chi connectivity index (χ1n) is 7.91. The Morgan fingerprint density at radius 1 is 1.22 bits per heavy atom. The van der Waals surface area contributed by atoms with Crippen LogP contribution in [0.3, 0.4) is 0 Å². The molecule has 5 nitrogen and oxygen atoms in total. The lowest BCUT2D eigenvalue weighted by molar-refractivity contribution is 0.199. The van der Waals surface area contributed by atoms with Crippen molar-refractivity contribution in [3.63, 3.8) is 0 Å². The monoisotopic (exact) mass is 361 g/mol. The van der Waals surface area contributed by atoms with Crippen molar-refractivity contribution < 1.29 is 8.42 Å². The number of rotatable bonds is 7. The quantitative estimate of drug-likeness (QED) is 0.806. The molecule has 1 N–H and O–H groups in total. The Morgan fingerprint density at radius 3 is 2.35 bits per heavy atom. The van der Waals surface area contributed by atoms with Crippen LogP contribution < -0.4 is 5.32 Å². The van der Waals surface area contributed by atoms with Gasteiger partial charge in [0.05, 0.1) is 4.90 Å². The molecule has 1 unspecified atom stereocenters. The zero-order chi connectivity index (χ0) is 16.2. The molecule has 1 atom stereocenters. The molecule has 0 spiro atoms. The van der Waals surface area contributed by atoms with E-state index < -0.39 is 10.0 Å². The molecule has 2 rings (SSSR count). The van der Waals surface area contributed by atoms with E-state index in [4.69, 9.17) is 0 Å². The Balaban J connectivity index is 0.00000264. The molecule has 0 aliphatic carbocycles. The van der Waals surface area contributed by atoms with E-state index in [0.717, 1.165) is 38.2 Å². The first-order valence-corrected chi connectivity index (χ1v) is 9.35. The van der Waals surface area contributed by atoms with Gasteiger partial charge >= 0.3 is 0 Å². The highest BCUT2D eigenvalue weighted by atomic mass is 35.5. The van der Waals surface area contributed by atoms with Crippen molar-refractivity contribution in [2.75, 3.05) is 33.7 Å². The number of nitrogens with zero attached hydrogens (tertiary/aromatic N) is 2. The maximum Gasteiger partial charge on any atom is 0.242 e. The van der Waals surface area contributed by atoms with Gasteiger partial charge in [-0.25, -0.2) is 12.7 Å². The molecule has 1 aliphatic heterocycles. The van der Waals surface area contributed by atoms with Gasteiger partial charge in [-0.2, -0.15) is 0 Å². The minimum absolute atomic E-state index is 0. The predicted octanol–water partition coefficient (Wildman–Crippen LogP) is 1.93. The fourth-order valence-electron chi connectivity index (χ4n) is 2.84. The van der Waals surface area contributed by atoms with Crippen LogP contribution in [0.2, 0.25) is 0 Å². The van der Waals surface area contributed by atoms with E-state index in [1.54, 1.807) is 26.2 Å². The number of benzene rings is 1. The van der Waals surface area contributed by atoms with Gasteiger partial charge in [0.1, 0.15) is 0 Å². The van der Waals surface area contributed by atoms with Crippen molar-refractivity contribution in [3.05, 3.63) is 29.8 Å². The summed E-state index contributed by atoms with van der Waals surface area (Å²) in [5, 5.41) is 3.41. The van der Waals surface area contributed by atoms with Gasteiger partial charge < -0.3 is 5.32 Å². The smallest absolute Gasteiger partial charge is 0.242 e. The molecular formula is C16H28ClN3O2S. The number of nitrogens with one attached hydrogen (secondary N) is 1. The van der Waals surface area contributed by atoms with Crippen LogP contribution in [0.25, 0.3) is 0 Å². The molecule has 0 amide bonds. The van der Waals surface area contributed by atoms with Crippen molar-refractivity contribution in [1.29, 1.82) is 0 Å². The summed E-state index contributed by atoms with van der Waals surface area (Å²) >= 11 is 0. The normalized spacial score (nSPS) is 18.4. The Labute approximate surface area is 146 Å². The molecule has 1 aromatic rings. The van der Waals surface area contributed by atoms with E-state index in [1.807, 2.05) is 12.1 Å². The highest BCUT2D eigenvalue weighted by Gasteiger charge is 2.22. The molecule has 1 heterocycles. The largest absolute Gasteiger partial charge is 0.315 e. The molecule has 0 radical (unpaired) electrons. The second kappa shape index (κ2) is 8.99. The van der Waals surface area contributed by atoms with E-state index >= 15 is 0 Å². The van der Waals surface area contributed by atoms with E-state index in [-0.39, 0.29) is 12.4 Å². The molecule has 1 saturated heterocycles. The molecule has 23 heavy (non-hydrogen) atoms. The Hall–Kier alpha value is -0.660. The maximum absolute atomic E-state index is 12.1. The minimum Gasteiger partial charge on any atom is -0.315 e. The summed E-state index contributed by atoms with van der Waals surface area (Å²) in [4.78, 5) is 2.85. The van der Waals surface area contributed by atoms with Gasteiger partial charge in [-0.1, -0.05) is 19.1 Å². The summed E-state index contributed by atoms with van der Waals surface area (Å²) in [6, 6.07) is 7.87. The molecule has 0 bridgehead atoms. The van der Waals surface area contributed by atoms with Crippen LogP contribution in [0.4, 0.5) is 0 Å². The number of hydrogen-bond donors (Lipinski definition) is 1. The average molecular weight is 362 g/mol. The Morgan fingerprint density at radius 2 is 1.87 bits per heavy atom. The van der Waals surface area contributed by atoms with Crippen molar-refractivity contribution in [3.8, 4) is 0 Å². The summed E-state index contributed by atoms with van der Waals surface area (Å²) in [7, 11) is -0.229. The molecule has 132 valence electrons. The third-order valence-electron chi connectivity index (χ3n) is 4.15. The van der Waals surface area contributed by atoms with E-state index in [9.17, 15) is 8.42 Å². The van der Waals surface area contributed by atoms with Gasteiger partial charge in [0.2, 0.25) is 10.0 Å². The SMILES string of the molecule is CCCN(Cc1ccc(S(=O)(=O)N(C)C)cc1)C1CCNC1.Cl. The van der Waals surface area contributed by atoms with Crippen LogP contribution in [0, 0.1) is 0 Å². The summed E-state index contributed by atoms with van der Waals surface area (Å²) in [6.07, 6.45) is 2.32. The molecule has 0 saturated carbocycles. The van der Waals surface area contributed by atoms with Crippen LogP contribution >= 0.6 is 12.4 Å². The molecule has 1 fully saturated rings. The highest BCUT2D eigenvalue weighted by Crippen LogP contribution is 2.17. The lowest BCUT2D eigenvalue weighted by Gasteiger charge is -2.28. The molecule has 7 heteroatoms. The summed E-state index contributed by atoms with van der Waals surface area (Å²) in [6.45, 7) is 6.28. The Bertz CT molecular complexity index is 569. The molecular weight excluding hydrogens is 334 g/mol. The Kier molecular flexibility index (Phi) is 7.97. The standard InChI is InChI=1S/C16H27N3O2S.ClH/c1-4-11-19(15-9-10-17-12-15)13-14-5-7-16(8-6-14)22(20,21)18(2)3;/h5-8,15,17H,4,9-13H2,1-3H3;1H. The van der Waals surface area contributed by atoms with Crippen molar-refractivity contribution in [1.82, 2.24) is 14.5 Å². The predicted molar refractivity (Wildman–Crippen MR) is 96.5 cm³/mol. The zero-order valence-electron chi connectivity index (χ0n) is 14.2. The van der Waals surface area contributed by atoms with Gasteiger partial charge in [-0.3, -0.25) is 4.90 Å². The lowest BCUT2D eigenvalue weighted by Crippen LogP contribution is -2.36. The van der Waals surface area contributed by atoms with Crippen LogP contribution in [-0.4, -0.2) is 57.4 Å². The third-order valence-corrected chi connectivity index (χ3v) is 5.98. The summed E-state index contributed by atoms with van der Waals surface area (Å²) in [5.74, 6) is 0. The van der Waals surface area contributed by atoms with E-state index in [1.165, 1.54) is 10.7 Å². The van der Waals surface area contributed by atoms with Gasteiger partial charge in [-0.15, -0.1) is 12.4 Å². The minimum atomic E-state index is -3.34. The zero-order valence-corrected chi connectivity index (χ0v) is 15.8. The topological polar surface area (TPSA) is 52.7 Å². The fourth-order valence-corrected chi connectivity index (χ4v) is 3.74. The van der Waals surface area contributed by atoms with Crippen LogP contribution in [0.15, 0.2) is 29.2 Å². The van der Waals surface area contributed by atoms with Crippen LogP contribution in [0.1, 0.15) is 25.3 Å². The van der Waals surface area contributed by atoms with Gasteiger partial charge in [0.15, 0.2) is 0 Å². The van der Waals surface area contributed by atoms with Crippen molar-refractivity contribution in [2.24, 2.45) is 0 Å². The molecule has 1 aliphatic rings. The van der Waals surface area contributed by atoms with Crippen molar-refractivity contribution in [2.45, 2.75) is 37.2 Å². The number of hydrogen-bond acceptors (Lipinski definition) is 4. The van der Waals surface area contributed by atoms with E-state index in [0.29, 0.717) is 10.9 Å². The summed E-state index contributed by atoms with van der Waals surface area (Å²) in [5.41, 5.74) is 1.16. The van der Waals surface area contributed by atoms with Gasteiger partial charge in [-0.05, 0) is 43.6 Å². The lowest BCUT2D eigenvalue weighted by atomic mass is 10.1. The average Bonchev–Trinajstić information content (AvgIpc) is 3.01. The van der Waals surface area contributed by atoms with Crippen LogP contribution in [0.5, 0.6) is 0 Å². The van der Waals surface area contributed by atoms with Gasteiger partial charge in [0, 0.05) is 33.2 Å².